The average molecular weight is 601 g/mol. The van der Waals surface area contributed by atoms with Gasteiger partial charge in [0.25, 0.3) is 0 Å². The molecule has 0 radical (unpaired) electrons. The maximum Gasteiger partial charge on any atom is 0.240 e. The van der Waals surface area contributed by atoms with Crippen LogP contribution >= 0.6 is 0 Å². The molecule has 1 amide bonds. The van der Waals surface area contributed by atoms with Gasteiger partial charge in [-0.05, 0) is 86.5 Å². The van der Waals surface area contributed by atoms with Crippen LogP contribution in [0, 0.1) is 34.5 Å². The number of hydroxylamine groups is 2. The standard InChI is InChI=1S/C35H60N4O4/c1-23-28-18-27(35(28,6)7)19-29(23)36-33(42)32-31(24(2)41)30(22-40)43-39(32)21-26-12-10-11-25(17-26)20-38(16-15-37(8)9)14-13-34(3,4)5/h10-12,17,23-24,27-32,40-41H,13-16,18-22H2,1-9H3,(H,36,42)/t23?,24-,27+,28-,29-,30-,31+,32-/m0/s1. The van der Waals surface area contributed by atoms with Crippen molar-refractivity contribution in [3.05, 3.63) is 35.4 Å². The number of nitrogens with one attached hydrogen (secondary N) is 1. The summed E-state index contributed by atoms with van der Waals surface area (Å²) in [4.78, 5) is 24.9. The average Bonchev–Trinajstić information content (AvgIpc) is 3.29. The van der Waals surface area contributed by atoms with Crippen molar-refractivity contribution < 1.29 is 19.8 Å². The van der Waals surface area contributed by atoms with Gasteiger partial charge in [-0.3, -0.25) is 14.5 Å². The quantitative estimate of drug-likeness (QED) is 0.314. The molecule has 8 heteroatoms. The summed E-state index contributed by atoms with van der Waals surface area (Å²) in [6.07, 6.45) is 1.94. The maximum atomic E-state index is 14.0. The first-order valence-electron chi connectivity index (χ1n) is 16.6. The number of aliphatic hydroxyl groups is 2. The van der Waals surface area contributed by atoms with E-state index >= 15 is 0 Å². The van der Waals surface area contributed by atoms with E-state index in [2.05, 4.69) is 95.0 Å². The molecule has 0 aromatic heterocycles. The van der Waals surface area contributed by atoms with Crippen LogP contribution in [0.2, 0.25) is 0 Å². The van der Waals surface area contributed by atoms with Gasteiger partial charge in [0.1, 0.15) is 12.1 Å². The Balaban J connectivity index is 1.48. The Bertz CT molecular complexity index is 1070. The summed E-state index contributed by atoms with van der Waals surface area (Å²) in [6, 6.07) is 7.98. The second-order valence-corrected chi connectivity index (χ2v) is 15.9. The molecule has 244 valence electrons. The topological polar surface area (TPSA) is 88.5 Å². The van der Waals surface area contributed by atoms with E-state index < -0.39 is 24.2 Å². The third kappa shape index (κ3) is 8.19. The van der Waals surface area contributed by atoms with Crippen LogP contribution in [0.25, 0.3) is 0 Å². The Hall–Kier alpha value is -1.55. The lowest BCUT2D eigenvalue weighted by molar-refractivity contribution is -0.183. The van der Waals surface area contributed by atoms with Crippen molar-refractivity contribution in [2.45, 2.75) is 105 Å². The molecule has 1 saturated heterocycles. The molecular formula is C35H60N4O4. The third-order valence-corrected chi connectivity index (χ3v) is 10.8. The molecule has 4 fully saturated rings. The van der Waals surface area contributed by atoms with Gasteiger partial charge < -0.3 is 20.4 Å². The van der Waals surface area contributed by atoms with Gasteiger partial charge in [-0.15, -0.1) is 0 Å². The van der Waals surface area contributed by atoms with E-state index in [1.54, 1.807) is 12.0 Å². The van der Waals surface area contributed by atoms with E-state index in [1.165, 1.54) is 12.0 Å². The molecule has 3 saturated carbocycles. The number of fused-ring (bicyclic) bond motifs is 2. The predicted molar refractivity (Wildman–Crippen MR) is 172 cm³/mol. The monoisotopic (exact) mass is 600 g/mol. The third-order valence-electron chi connectivity index (χ3n) is 10.8. The largest absolute Gasteiger partial charge is 0.394 e. The second-order valence-electron chi connectivity index (χ2n) is 15.9. The molecular weight excluding hydrogens is 540 g/mol. The van der Waals surface area contributed by atoms with E-state index in [0.29, 0.717) is 29.7 Å². The molecule has 1 aliphatic heterocycles. The normalized spacial score (nSPS) is 31.3. The van der Waals surface area contributed by atoms with Gasteiger partial charge in [-0.2, -0.15) is 5.06 Å². The zero-order chi connectivity index (χ0) is 31.7. The maximum absolute atomic E-state index is 14.0. The smallest absolute Gasteiger partial charge is 0.240 e. The van der Waals surface area contributed by atoms with Gasteiger partial charge in [0.05, 0.1) is 19.3 Å². The molecule has 3 N–H and O–H groups in total. The molecule has 1 aromatic carbocycles. The first-order chi connectivity index (χ1) is 20.1. The molecule has 1 unspecified atom stereocenters. The fourth-order valence-electron chi connectivity index (χ4n) is 7.85. The SMILES string of the molecule is CC1[C@@H](NC(=O)[C@@H]2[C@H]([C@H](C)O)[C@H](CO)ON2Cc2cccc(CN(CCN(C)C)CCC(C)(C)C)c2)C[C@H]2C[C@@H]1C2(C)C. The van der Waals surface area contributed by atoms with Crippen LogP contribution in [0.1, 0.15) is 78.9 Å². The lowest BCUT2D eigenvalue weighted by Crippen LogP contribution is -2.62. The Kier molecular flexibility index (Phi) is 11.0. The number of aliphatic hydroxyl groups excluding tert-OH is 2. The first-order valence-corrected chi connectivity index (χ1v) is 16.6. The molecule has 8 nitrogen and oxygen atoms in total. The Morgan fingerprint density at radius 1 is 1.16 bits per heavy atom. The Morgan fingerprint density at radius 3 is 2.44 bits per heavy atom. The summed E-state index contributed by atoms with van der Waals surface area (Å²) >= 11 is 0. The van der Waals surface area contributed by atoms with Crippen LogP contribution in [-0.2, 0) is 22.7 Å². The highest BCUT2D eigenvalue weighted by Gasteiger charge is 2.57. The number of amides is 1. The highest BCUT2D eigenvalue weighted by molar-refractivity contribution is 5.82. The summed E-state index contributed by atoms with van der Waals surface area (Å²) in [5.41, 5.74) is 2.90. The van der Waals surface area contributed by atoms with Crippen molar-refractivity contribution in [3.8, 4) is 0 Å². The Labute approximate surface area is 261 Å². The van der Waals surface area contributed by atoms with Crippen LogP contribution in [0.15, 0.2) is 24.3 Å². The summed E-state index contributed by atoms with van der Waals surface area (Å²) in [5.74, 6) is 1.04. The van der Waals surface area contributed by atoms with Crippen molar-refractivity contribution >= 4 is 5.91 Å². The lowest BCUT2D eigenvalue weighted by atomic mass is 9.45. The van der Waals surface area contributed by atoms with Crippen LogP contribution in [0.3, 0.4) is 0 Å². The number of carbonyl (C=O) groups excluding carboxylic acids is 1. The van der Waals surface area contributed by atoms with E-state index in [4.69, 9.17) is 4.84 Å². The molecule has 1 aromatic rings. The number of nitrogens with zero attached hydrogens (tertiary/aromatic N) is 3. The number of hydrogen-bond donors (Lipinski definition) is 3. The highest BCUT2D eigenvalue weighted by atomic mass is 16.7. The molecule has 4 aliphatic rings. The van der Waals surface area contributed by atoms with Crippen molar-refractivity contribution in [2.24, 2.45) is 34.5 Å². The number of carbonyl (C=O) groups is 1. The van der Waals surface area contributed by atoms with E-state index in [9.17, 15) is 15.0 Å². The van der Waals surface area contributed by atoms with Gasteiger partial charge in [-0.1, -0.05) is 65.8 Å². The minimum Gasteiger partial charge on any atom is -0.394 e. The molecule has 5 rings (SSSR count). The van der Waals surface area contributed by atoms with E-state index in [0.717, 1.165) is 44.6 Å². The molecule has 3 aliphatic carbocycles. The van der Waals surface area contributed by atoms with Crippen LogP contribution in [0.5, 0.6) is 0 Å². The van der Waals surface area contributed by atoms with Crippen LogP contribution < -0.4 is 5.32 Å². The highest BCUT2D eigenvalue weighted by Crippen LogP contribution is 2.61. The lowest BCUT2D eigenvalue weighted by Gasteiger charge is -2.62. The summed E-state index contributed by atoms with van der Waals surface area (Å²) in [5, 5.41) is 26.0. The number of likely N-dealkylation sites (N-methyl/N-ethyl adjacent to an activating group) is 1. The molecule has 0 spiro atoms. The minimum atomic E-state index is -0.798. The molecule has 2 bridgehead atoms. The van der Waals surface area contributed by atoms with Crippen molar-refractivity contribution in [3.63, 3.8) is 0 Å². The Morgan fingerprint density at radius 2 is 1.86 bits per heavy atom. The van der Waals surface area contributed by atoms with Gasteiger partial charge in [0.15, 0.2) is 0 Å². The van der Waals surface area contributed by atoms with Gasteiger partial charge in [-0.25, -0.2) is 0 Å². The molecule has 8 atom stereocenters. The number of hydrogen-bond acceptors (Lipinski definition) is 7. The fraction of sp³-hybridized carbons (Fsp3) is 0.800. The molecule has 43 heavy (non-hydrogen) atoms. The minimum absolute atomic E-state index is 0.106. The second kappa shape index (κ2) is 13.8. The zero-order valence-corrected chi connectivity index (χ0v) is 28.3. The summed E-state index contributed by atoms with van der Waals surface area (Å²) in [7, 11) is 4.23. The van der Waals surface area contributed by atoms with Crippen molar-refractivity contribution in [2.75, 3.05) is 40.3 Å². The van der Waals surface area contributed by atoms with Crippen molar-refractivity contribution in [1.29, 1.82) is 0 Å². The predicted octanol–water partition coefficient (Wildman–Crippen LogP) is 4.15. The summed E-state index contributed by atoms with van der Waals surface area (Å²) < 4.78 is 0. The van der Waals surface area contributed by atoms with Gasteiger partial charge >= 0.3 is 0 Å². The number of rotatable bonds is 13. The summed E-state index contributed by atoms with van der Waals surface area (Å²) in [6.45, 7) is 19.6. The van der Waals surface area contributed by atoms with Gasteiger partial charge in [0, 0.05) is 31.6 Å². The van der Waals surface area contributed by atoms with E-state index in [-0.39, 0.29) is 24.0 Å². The number of benzene rings is 1. The van der Waals surface area contributed by atoms with Crippen molar-refractivity contribution in [1.82, 2.24) is 20.2 Å². The van der Waals surface area contributed by atoms with Crippen LogP contribution in [-0.4, -0.2) is 95.6 Å². The fourth-order valence-corrected chi connectivity index (χ4v) is 7.85. The van der Waals surface area contributed by atoms with E-state index in [1.807, 2.05) is 0 Å². The van der Waals surface area contributed by atoms with Gasteiger partial charge in [0.2, 0.25) is 5.91 Å². The first kappa shape index (κ1) is 34.3. The van der Waals surface area contributed by atoms with Crippen LogP contribution in [0.4, 0.5) is 0 Å². The zero-order valence-electron chi connectivity index (χ0n) is 28.3. The molecule has 1 heterocycles.